The van der Waals surface area contributed by atoms with E-state index in [1.165, 1.54) is 0 Å². The first-order valence-corrected chi connectivity index (χ1v) is 8.19. The molecule has 1 N–H and O–H groups in total. The van der Waals surface area contributed by atoms with Crippen LogP contribution in [-0.2, 0) is 0 Å². The van der Waals surface area contributed by atoms with Gasteiger partial charge in [-0.3, -0.25) is 4.79 Å². The molecule has 1 heterocycles. The topological polar surface area (TPSA) is 29.1 Å². The van der Waals surface area contributed by atoms with Crippen LogP contribution in [0.3, 0.4) is 0 Å². The number of carbonyl (C=O) groups is 1. The lowest BCUT2D eigenvalue weighted by atomic mass is 9.76. The largest absolute Gasteiger partial charge is 0.317 e. The van der Waals surface area contributed by atoms with Gasteiger partial charge in [0.05, 0.1) is 10.9 Å². The number of rotatable bonds is 4. The third-order valence-corrected chi connectivity index (χ3v) is 4.77. The Kier molecular flexibility index (Phi) is 4.91. The molecule has 0 aliphatic carbocycles. The van der Waals surface area contributed by atoms with Gasteiger partial charge in [0.15, 0.2) is 5.78 Å². The summed E-state index contributed by atoms with van der Waals surface area (Å²) < 4.78 is 0. The number of carbonyl (C=O) groups excluding carboxylic acids is 1. The molecule has 0 aromatic heterocycles. The molecule has 1 atom stereocenters. The van der Waals surface area contributed by atoms with Crippen molar-refractivity contribution < 1.29 is 4.79 Å². The van der Waals surface area contributed by atoms with Crippen molar-refractivity contribution in [2.75, 3.05) is 13.1 Å². The van der Waals surface area contributed by atoms with E-state index in [9.17, 15) is 4.79 Å². The lowest BCUT2D eigenvalue weighted by molar-refractivity contribution is 0.0916. The number of benzene rings is 2. The van der Waals surface area contributed by atoms with E-state index in [1.807, 2.05) is 36.4 Å². The Hall–Kier alpha value is -1.64. The van der Waals surface area contributed by atoms with Crippen LogP contribution in [0.1, 0.15) is 34.7 Å². The Bertz CT molecular complexity index is 635. The van der Waals surface area contributed by atoms with Crippen molar-refractivity contribution in [1.29, 1.82) is 0 Å². The van der Waals surface area contributed by atoms with Gasteiger partial charge in [-0.15, -0.1) is 0 Å². The third-order valence-electron chi connectivity index (χ3n) is 4.44. The van der Waals surface area contributed by atoms with Gasteiger partial charge in [-0.05, 0) is 49.5 Å². The van der Waals surface area contributed by atoms with Crippen LogP contribution in [0.25, 0.3) is 0 Å². The van der Waals surface area contributed by atoms with Crippen molar-refractivity contribution in [2.45, 2.75) is 18.8 Å². The van der Waals surface area contributed by atoms with Gasteiger partial charge in [-0.25, -0.2) is 0 Å². The highest BCUT2D eigenvalue weighted by atomic mass is 35.5. The molecular weight excluding hydrogens is 294 g/mol. The molecule has 1 aliphatic heterocycles. The van der Waals surface area contributed by atoms with Crippen LogP contribution in [0.2, 0.25) is 5.02 Å². The smallest absolute Gasteiger partial charge is 0.172 e. The molecule has 114 valence electrons. The molecule has 0 radical (unpaired) electrons. The zero-order valence-electron chi connectivity index (χ0n) is 12.5. The molecule has 2 aromatic rings. The van der Waals surface area contributed by atoms with Gasteiger partial charge in [0, 0.05) is 5.56 Å². The van der Waals surface area contributed by atoms with Gasteiger partial charge in [-0.2, -0.15) is 0 Å². The van der Waals surface area contributed by atoms with E-state index in [-0.39, 0.29) is 11.7 Å². The molecule has 1 fully saturated rings. The van der Waals surface area contributed by atoms with Crippen LogP contribution < -0.4 is 5.32 Å². The maximum atomic E-state index is 13.2. The number of halogens is 1. The van der Waals surface area contributed by atoms with E-state index >= 15 is 0 Å². The monoisotopic (exact) mass is 313 g/mol. The van der Waals surface area contributed by atoms with Crippen molar-refractivity contribution in [1.82, 2.24) is 5.32 Å². The normalized spacial score (nSPS) is 17.1. The number of piperidine rings is 1. The Morgan fingerprint density at radius 1 is 1.00 bits per heavy atom. The summed E-state index contributed by atoms with van der Waals surface area (Å²) >= 11 is 6.26. The van der Waals surface area contributed by atoms with E-state index in [1.54, 1.807) is 6.07 Å². The number of Topliss-reactive ketones (excluding diaryl/α,β-unsaturated/α-hetero) is 1. The van der Waals surface area contributed by atoms with Gasteiger partial charge in [0.25, 0.3) is 0 Å². The van der Waals surface area contributed by atoms with Crippen LogP contribution in [0, 0.1) is 5.92 Å². The minimum absolute atomic E-state index is 0.108. The standard InChI is InChI=1S/C19H20ClNO/c20-17-9-5-4-8-16(17)19(22)18(14-6-2-1-3-7-14)15-10-12-21-13-11-15/h1-9,15,18,21H,10-13H2. The second kappa shape index (κ2) is 7.08. The molecule has 0 spiro atoms. The summed E-state index contributed by atoms with van der Waals surface area (Å²) in [5.41, 5.74) is 1.73. The minimum atomic E-state index is -0.108. The van der Waals surface area contributed by atoms with Gasteiger partial charge in [-0.1, -0.05) is 54.1 Å². The summed E-state index contributed by atoms with van der Waals surface area (Å²) in [6.45, 7) is 1.95. The lowest BCUT2D eigenvalue weighted by Gasteiger charge is -2.30. The highest BCUT2D eigenvalue weighted by Crippen LogP contribution is 2.35. The summed E-state index contributed by atoms with van der Waals surface area (Å²) in [6, 6.07) is 17.5. The van der Waals surface area contributed by atoms with E-state index < -0.39 is 0 Å². The maximum absolute atomic E-state index is 13.2. The van der Waals surface area contributed by atoms with Crippen LogP contribution in [0.15, 0.2) is 54.6 Å². The fourth-order valence-corrected chi connectivity index (χ4v) is 3.53. The van der Waals surface area contributed by atoms with Gasteiger partial charge in [0.1, 0.15) is 0 Å². The summed E-state index contributed by atoms with van der Waals surface area (Å²) in [5, 5.41) is 3.92. The quantitative estimate of drug-likeness (QED) is 0.852. The Morgan fingerprint density at radius 3 is 2.32 bits per heavy atom. The molecule has 22 heavy (non-hydrogen) atoms. The summed E-state index contributed by atoms with van der Waals surface area (Å²) in [7, 11) is 0. The van der Waals surface area contributed by atoms with Gasteiger partial charge < -0.3 is 5.32 Å². The number of hydrogen-bond acceptors (Lipinski definition) is 2. The van der Waals surface area contributed by atoms with E-state index in [0.29, 0.717) is 16.5 Å². The number of ketones is 1. The molecule has 3 rings (SSSR count). The molecule has 0 saturated carbocycles. The molecule has 1 unspecified atom stereocenters. The second-order valence-electron chi connectivity index (χ2n) is 5.82. The predicted octanol–water partition coefficient (Wildman–Crippen LogP) is 4.31. The highest BCUT2D eigenvalue weighted by molar-refractivity contribution is 6.34. The van der Waals surface area contributed by atoms with Gasteiger partial charge in [0.2, 0.25) is 0 Å². The van der Waals surface area contributed by atoms with E-state index in [0.717, 1.165) is 31.5 Å². The zero-order chi connectivity index (χ0) is 15.4. The molecule has 0 bridgehead atoms. The molecule has 0 amide bonds. The molecule has 1 saturated heterocycles. The third kappa shape index (κ3) is 3.23. The minimum Gasteiger partial charge on any atom is -0.317 e. The zero-order valence-corrected chi connectivity index (χ0v) is 13.2. The summed E-state index contributed by atoms with van der Waals surface area (Å²) in [6.07, 6.45) is 2.05. The molecule has 2 nitrogen and oxygen atoms in total. The Balaban J connectivity index is 1.98. The molecule has 2 aromatic carbocycles. The Morgan fingerprint density at radius 2 is 1.64 bits per heavy atom. The number of nitrogens with one attached hydrogen (secondary N) is 1. The predicted molar refractivity (Wildman–Crippen MR) is 90.6 cm³/mol. The lowest BCUT2D eigenvalue weighted by Crippen LogP contribution is -2.33. The number of hydrogen-bond donors (Lipinski definition) is 1. The Labute approximate surface area is 136 Å². The van der Waals surface area contributed by atoms with E-state index in [2.05, 4.69) is 17.4 Å². The molecule has 1 aliphatic rings. The summed E-state index contributed by atoms with van der Waals surface area (Å²) in [5.74, 6) is 0.402. The van der Waals surface area contributed by atoms with Crippen LogP contribution >= 0.6 is 11.6 Å². The van der Waals surface area contributed by atoms with Crippen molar-refractivity contribution in [3.8, 4) is 0 Å². The molecule has 3 heteroatoms. The van der Waals surface area contributed by atoms with E-state index in [4.69, 9.17) is 11.6 Å². The van der Waals surface area contributed by atoms with Crippen molar-refractivity contribution in [3.05, 3.63) is 70.7 Å². The molecular formula is C19H20ClNO. The van der Waals surface area contributed by atoms with Crippen molar-refractivity contribution in [3.63, 3.8) is 0 Å². The summed E-state index contributed by atoms with van der Waals surface area (Å²) in [4.78, 5) is 13.2. The first kappa shape index (κ1) is 15.3. The highest BCUT2D eigenvalue weighted by Gasteiger charge is 2.32. The average molecular weight is 314 g/mol. The van der Waals surface area contributed by atoms with Crippen LogP contribution in [0.5, 0.6) is 0 Å². The van der Waals surface area contributed by atoms with Crippen LogP contribution in [-0.4, -0.2) is 18.9 Å². The first-order valence-electron chi connectivity index (χ1n) is 7.82. The SMILES string of the molecule is O=C(c1ccccc1Cl)C(c1ccccc1)C1CCNCC1. The van der Waals surface area contributed by atoms with Crippen LogP contribution in [0.4, 0.5) is 0 Å². The van der Waals surface area contributed by atoms with Crippen molar-refractivity contribution in [2.24, 2.45) is 5.92 Å². The average Bonchev–Trinajstić information content (AvgIpc) is 2.57. The fourth-order valence-electron chi connectivity index (χ4n) is 3.30. The maximum Gasteiger partial charge on any atom is 0.172 e. The van der Waals surface area contributed by atoms with Gasteiger partial charge >= 0.3 is 0 Å². The first-order chi connectivity index (χ1) is 10.8. The second-order valence-corrected chi connectivity index (χ2v) is 6.23. The fraction of sp³-hybridized carbons (Fsp3) is 0.316. The van der Waals surface area contributed by atoms with Crippen molar-refractivity contribution >= 4 is 17.4 Å².